The molecule has 4 heterocycles. The second kappa shape index (κ2) is 6.67. The summed E-state index contributed by atoms with van der Waals surface area (Å²) in [7, 11) is 0. The summed E-state index contributed by atoms with van der Waals surface area (Å²) < 4.78 is 40.9. The van der Waals surface area contributed by atoms with Crippen molar-refractivity contribution in [3.05, 3.63) is 36.5 Å². The zero-order valence-corrected chi connectivity index (χ0v) is 14.9. The number of nitrogens with one attached hydrogen (secondary N) is 2. The van der Waals surface area contributed by atoms with Crippen LogP contribution >= 0.6 is 0 Å². The van der Waals surface area contributed by atoms with Crippen LogP contribution in [0.4, 0.5) is 19.1 Å². The van der Waals surface area contributed by atoms with E-state index in [1.165, 1.54) is 16.8 Å². The number of fused-ring (bicyclic) bond motifs is 1. The highest BCUT2D eigenvalue weighted by molar-refractivity contribution is 5.60. The van der Waals surface area contributed by atoms with E-state index in [1.54, 1.807) is 12.3 Å². The van der Waals surface area contributed by atoms with Gasteiger partial charge in [0.2, 0.25) is 11.5 Å². The number of rotatable bonds is 4. The number of anilines is 1. The SMILES string of the molecule is CC(O)(c1cn2c(-c3ccnc(N[C@@H]4CCNC4)n3)cnc2cn1)C(F)(F)F. The van der Waals surface area contributed by atoms with E-state index in [0.29, 0.717) is 29.9 Å². The van der Waals surface area contributed by atoms with E-state index in [0.717, 1.165) is 25.7 Å². The molecule has 3 N–H and O–H groups in total. The predicted molar refractivity (Wildman–Crippen MR) is 94.5 cm³/mol. The maximum Gasteiger partial charge on any atom is 0.422 e. The summed E-state index contributed by atoms with van der Waals surface area (Å²) >= 11 is 0. The van der Waals surface area contributed by atoms with E-state index in [1.807, 2.05) is 0 Å². The maximum absolute atomic E-state index is 13.2. The maximum atomic E-state index is 13.2. The molecule has 1 aliphatic rings. The third-order valence-corrected chi connectivity index (χ3v) is 4.76. The molecule has 0 aromatic carbocycles. The Hall–Kier alpha value is -2.79. The molecule has 28 heavy (non-hydrogen) atoms. The highest BCUT2D eigenvalue weighted by atomic mass is 19.4. The molecule has 4 rings (SSSR count). The van der Waals surface area contributed by atoms with Crippen molar-refractivity contribution in [2.24, 2.45) is 0 Å². The summed E-state index contributed by atoms with van der Waals surface area (Å²) in [5.41, 5.74) is -2.33. The smallest absolute Gasteiger partial charge is 0.375 e. The van der Waals surface area contributed by atoms with Crippen LogP contribution in [-0.4, -0.2) is 54.8 Å². The lowest BCUT2D eigenvalue weighted by Gasteiger charge is -2.25. The van der Waals surface area contributed by atoms with Crippen LogP contribution in [0, 0.1) is 0 Å². The minimum absolute atomic E-state index is 0.218. The lowest BCUT2D eigenvalue weighted by atomic mass is 10.0. The monoisotopic (exact) mass is 393 g/mol. The van der Waals surface area contributed by atoms with Gasteiger partial charge in [-0.1, -0.05) is 0 Å². The molecule has 148 valence electrons. The van der Waals surface area contributed by atoms with Crippen LogP contribution in [-0.2, 0) is 5.60 Å². The van der Waals surface area contributed by atoms with Gasteiger partial charge in [0.1, 0.15) is 0 Å². The Balaban J connectivity index is 1.72. The average molecular weight is 393 g/mol. The van der Waals surface area contributed by atoms with E-state index in [2.05, 4.69) is 30.6 Å². The van der Waals surface area contributed by atoms with Gasteiger partial charge in [-0.25, -0.2) is 15.0 Å². The van der Waals surface area contributed by atoms with Crippen molar-refractivity contribution in [1.82, 2.24) is 29.7 Å². The molecule has 3 aromatic heterocycles. The van der Waals surface area contributed by atoms with Gasteiger partial charge in [-0.2, -0.15) is 13.2 Å². The molecular formula is C17H18F3N7O. The minimum atomic E-state index is -4.87. The summed E-state index contributed by atoms with van der Waals surface area (Å²) in [6, 6.07) is 1.86. The summed E-state index contributed by atoms with van der Waals surface area (Å²) in [5, 5.41) is 16.4. The first-order valence-corrected chi connectivity index (χ1v) is 8.69. The quantitative estimate of drug-likeness (QED) is 0.621. The Morgan fingerprint density at radius 3 is 2.79 bits per heavy atom. The van der Waals surface area contributed by atoms with Gasteiger partial charge in [-0.3, -0.25) is 9.38 Å². The number of aromatic nitrogens is 5. The first-order valence-electron chi connectivity index (χ1n) is 8.69. The Kier molecular flexibility index (Phi) is 4.42. The third kappa shape index (κ3) is 3.27. The molecule has 2 atom stereocenters. The minimum Gasteiger partial charge on any atom is -0.375 e. The van der Waals surface area contributed by atoms with Crippen LogP contribution in [0.25, 0.3) is 17.0 Å². The van der Waals surface area contributed by atoms with E-state index in [9.17, 15) is 18.3 Å². The summed E-state index contributed by atoms with van der Waals surface area (Å²) in [6.07, 6.45) is 1.46. The molecular weight excluding hydrogens is 375 g/mol. The van der Waals surface area contributed by atoms with Crippen LogP contribution in [0.1, 0.15) is 19.0 Å². The Labute approximate surface area is 157 Å². The van der Waals surface area contributed by atoms with Gasteiger partial charge in [-0.15, -0.1) is 0 Å². The Bertz CT molecular complexity index is 996. The fraction of sp³-hybridized carbons (Fsp3) is 0.412. The van der Waals surface area contributed by atoms with Crippen molar-refractivity contribution in [2.75, 3.05) is 18.4 Å². The van der Waals surface area contributed by atoms with E-state index in [-0.39, 0.29) is 6.04 Å². The van der Waals surface area contributed by atoms with Gasteiger partial charge < -0.3 is 15.7 Å². The number of hydrogen-bond donors (Lipinski definition) is 3. The Morgan fingerprint density at radius 2 is 2.07 bits per heavy atom. The zero-order chi connectivity index (χ0) is 19.9. The Morgan fingerprint density at radius 1 is 1.25 bits per heavy atom. The van der Waals surface area contributed by atoms with Crippen LogP contribution in [0.5, 0.6) is 0 Å². The number of nitrogens with zero attached hydrogens (tertiary/aromatic N) is 5. The molecule has 1 unspecified atom stereocenters. The van der Waals surface area contributed by atoms with Crippen molar-refractivity contribution >= 4 is 11.6 Å². The van der Waals surface area contributed by atoms with Crippen LogP contribution < -0.4 is 10.6 Å². The molecule has 11 heteroatoms. The standard InChI is InChI=1S/C17H18F3N7O/c1-16(28,17(18,19)20)13-9-27-12(7-24-14(27)8-23-13)11-3-5-22-15(26-11)25-10-2-4-21-6-10/h3,5,7-10,21,28H,2,4,6H2,1H3,(H,22,25,26)/t10-,16?/m1/s1. The highest BCUT2D eigenvalue weighted by Gasteiger charge is 2.52. The fourth-order valence-corrected chi connectivity index (χ4v) is 3.01. The van der Waals surface area contributed by atoms with E-state index < -0.39 is 17.5 Å². The molecule has 0 bridgehead atoms. The molecule has 0 radical (unpaired) electrons. The number of alkyl halides is 3. The van der Waals surface area contributed by atoms with Gasteiger partial charge in [0.25, 0.3) is 0 Å². The average Bonchev–Trinajstić information content (AvgIpc) is 3.30. The van der Waals surface area contributed by atoms with Crippen molar-refractivity contribution in [3.63, 3.8) is 0 Å². The van der Waals surface area contributed by atoms with Crippen LogP contribution in [0.3, 0.4) is 0 Å². The number of imidazole rings is 1. The molecule has 8 nitrogen and oxygen atoms in total. The van der Waals surface area contributed by atoms with Crippen molar-refractivity contribution in [2.45, 2.75) is 31.2 Å². The van der Waals surface area contributed by atoms with Gasteiger partial charge in [0.15, 0.2) is 5.65 Å². The predicted octanol–water partition coefficient (Wildman–Crippen LogP) is 1.73. The number of aliphatic hydroxyl groups is 1. The molecule has 0 saturated carbocycles. The molecule has 1 aliphatic heterocycles. The number of halogens is 3. The van der Waals surface area contributed by atoms with Gasteiger partial charge in [-0.05, 0) is 26.0 Å². The van der Waals surface area contributed by atoms with Gasteiger partial charge in [0, 0.05) is 25.0 Å². The second-order valence-electron chi connectivity index (χ2n) is 6.81. The van der Waals surface area contributed by atoms with Gasteiger partial charge >= 0.3 is 6.18 Å². The molecule has 3 aromatic rings. The zero-order valence-electron chi connectivity index (χ0n) is 14.9. The molecule has 0 spiro atoms. The topological polar surface area (TPSA) is 100 Å². The summed E-state index contributed by atoms with van der Waals surface area (Å²) in [6.45, 7) is 2.39. The summed E-state index contributed by atoms with van der Waals surface area (Å²) in [4.78, 5) is 16.5. The van der Waals surface area contributed by atoms with Crippen molar-refractivity contribution in [3.8, 4) is 11.4 Å². The first-order chi connectivity index (χ1) is 13.3. The normalized spacial score (nSPS) is 19.7. The second-order valence-corrected chi connectivity index (χ2v) is 6.81. The van der Waals surface area contributed by atoms with Crippen molar-refractivity contribution in [1.29, 1.82) is 0 Å². The van der Waals surface area contributed by atoms with Gasteiger partial charge in [0.05, 0.1) is 29.5 Å². The van der Waals surface area contributed by atoms with Crippen LogP contribution in [0.2, 0.25) is 0 Å². The molecule has 0 aliphatic carbocycles. The van der Waals surface area contributed by atoms with E-state index in [4.69, 9.17) is 0 Å². The van der Waals surface area contributed by atoms with Crippen LogP contribution in [0.15, 0.2) is 30.9 Å². The first kappa shape index (κ1) is 18.6. The molecule has 0 amide bonds. The third-order valence-electron chi connectivity index (χ3n) is 4.76. The largest absolute Gasteiger partial charge is 0.422 e. The lowest BCUT2D eigenvalue weighted by molar-refractivity contribution is -0.260. The van der Waals surface area contributed by atoms with Crippen molar-refractivity contribution < 1.29 is 18.3 Å². The summed E-state index contributed by atoms with van der Waals surface area (Å²) in [5.74, 6) is 0.428. The number of hydrogen-bond acceptors (Lipinski definition) is 7. The lowest BCUT2D eigenvalue weighted by Crippen LogP contribution is -2.40. The fourth-order valence-electron chi connectivity index (χ4n) is 3.01. The molecule has 1 saturated heterocycles. The highest BCUT2D eigenvalue weighted by Crippen LogP contribution is 2.37. The molecule has 1 fully saturated rings. The van der Waals surface area contributed by atoms with E-state index >= 15 is 0 Å².